The molecule has 1 unspecified atom stereocenters. The summed E-state index contributed by atoms with van der Waals surface area (Å²) in [4.78, 5) is 31.1. The van der Waals surface area contributed by atoms with Crippen molar-refractivity contribution in [1.82, 2.24) is 9.88 Å². The topological polar surface area (TPSA) is 83.6 Å². The van der Waals surface area contributed by atoms with E-state index in [-0.39, 0.29) is 23.4 Å². The van der Waals surface area contributed by atoms with Crippen LogP contribution < -0.4 is 0 Å². The molecule has 6 nitrogen and oxygen atoms in total. The van der Waals surface area contributed by atoms with Gasteiger partial charge in [-0.2, -0.15) is 0 Å². The molecule has 4 rings (SSSR count). The highest BCUT2D eigenvalue weighted by molar-refractivity contribution is 6.46. The lowest BCUT2D eigenvalue weighted by Gasteiger charge is -2.22. The van der Waals surface area contributed by atoms with Crippen molar-refractivity contribution in [2.24, 2.45) is 0 Å². The summed E-state index contributed by atoms with van der Waals surface area (Å²) in [6.45, 7) is 1.62. The van der Waals surface area contributed by atoms with Crippen molar-refractivity contribution in [3.63, 3.8) is 0 Å². The summed E-state index contributed by atoms with van der Waals surface area (Å²) in [6.07, 6.45) is 3.02. The molecule has 29 heavy (non-hydrogen) atoms. The van der Waals surface area contributed by atoms with Crippen LogP contribution in [0.2, 0.25) is 0 Å². The first kappa shape index (κ1) is 18.6. The van der Waals surface area contributed by atoms with Crippen LogP contribution in [-0.2, 0) is 16.1 Å². The minimum absolute atomic E-state index is 0.0655. The van der Waals surface area contributed by atoms with Crippen LogP contribution in [0, 0.1) is 12.7 Å². The molecule has 146 valence electrons. The molecule has 2 aromatic heterocycles. The highest BCUT2D eigenvalue weighted by Crippen LogP contribution is 2.40. The maximum Gasteiger partial charge on any atom is 0.296 e. The smallest absolute Gasteiger partial charge is 0.296 e. The van der Waals surface area contributed by atoms with Gasteiger partial charge in [-0.3, -0.25) is 14.6 Å². The van der Waals surface area contributed by atoms with Crippen molar-refractivity contribution in [2.45, 2.75) is 19.5 Å². The number of carbonyl (C=O) groups excluding carboxylic acids is 2. The fraction of sp³-hybridized carbons (Fsp3) is 0.136. The number of halogens is 1. The second kappa shape index (κ2) is 7.35. The summed E-state index contributed by atoms with van der Waals surface area (Å²) in [5.74, 6) is -2.07. The van der Waals surface area contributed by atoms with E-state index in [0.29, 0.717) is 17.0 Å². The lowest BCUT2D eigenvalue weighted by atomic mass is 9.98. The van der Waals surface area contributed by atoms with E-state index in [4.69, 9.17) is 4.42 Å². The minimum atomic E-state index is -0.919. The number of ketones is 1. The van der Waals surface area contributed by atoms with Gasteiger partial charge in [0.15, 0.2) is 0 Å². The molecule has 0 bridgehead atoms. The third-order valence-corrected chi connectivity index (χ3v) is 4.84. The lowest BCUT2D eigenvalue weighted by molar-refractivity contribution is -0.140. The molecule has 1 amide bonds. The molecule has 1 saturated heterocycles. The molecule has 0 spiro atoms. The van der Waals surface area contributed by atoms with Gasteiger partial charge in [-0.05, 0) is 55.0 Å². The Balaban J connectivity index is 1.84. The fourth-order valence-corrected chi connectivity index (χ4v) is 3.40. The van der Waals surface area contributed by atoms with Crippen molar-refractivity contribution in [1.29, 1.82) is 0 Å². The van der Waals surface area contributed by atoms with E-state index in [2.05, 4.69) is 4.98 Å². The SMILES string of the molecule is Cc1cc(/C(O)=C2/C(=O)C(=O)N(Cc3ccccn3)C2c2ccco2)ccc1F. The number of rotatable bonds is 4. The normalized spacial score (nSPS) is 18.4. The predicted octanol–water partition coefficient (Wildman–Crippen LogP) is 3.74. The Hall–Kier alpha value is -3.74. The number of furan rings is 1. The molecule has 3 heterocycles. The average molecular weight is 392 g/mol. The van der Waals surface area contributed by atoms with Crippen LogP contribution in [0.1, 0.15) is 28.6 Å². The minimum Gasteiger partial charge on any atom is -0.507 e. The summed E-state index contributed by atoms with van der Waals surface area (Å²) in [5, 5.41) is 10.9. The highest BCUT2D eigenvalue weighted by atomic mass is 19.1. The zero-order valence-electron chi connectivity index (χ0n) is 15.5. The summed E-state index contributed by atoms with van der Waals surface area (Å²) < 4.78 is 19.1. The monoisotopic (exact) mass is 392 g/mol. The average Bonchev–Trinajstić information content (AvgIpc) is 3.33. The van der Waals surface area contributed by atoms with Gasteiger partial charge in [0.2, 0.25) is 0 Å². The summed E-state index contributed by atoms with van der Waals surface area (Å²) in [7, 11) is 0. The number of amides is 1. The Labute approximate surface area is 165 Å². The maximum absolute atomic E-state index is 13.6. The van der Waals surface area contributed by atoms with E-state index < -0.39 is 23.5 Å². The molecule has 0 radical (unpaired) electrons. The predicted molar refractivity (Wildman–Crippen MR) is 102 cm³/mol. The molecular formula is C22H17FN2O4. The second-order valence-electron chi connectivity index (χ2n) is 6.73. The van der Waals surface area contributed by atoms with E-state index >= 15 is 0 Å². The number of Topliss-reactive ketones (excluding diaryl/α,β-unsaturated/α-hetero) is 1. The molecule has 1 atom stereocenters. The third kappa shape index (κ3) is 3.31. The standard InChI is InChI=1S/C22H17FN2O4/c1-13-11-14(7-8-16(13)23)20(26)18-19(17-6-4-10-29-17)25(22(28)21(18)27)12-15-5-2-3-9-24-15/h2-11,19,26H,12H2,1H3/b20-18-. The Morgan fingerprint density at radius 1 is 1.21 bits per heavy atom. The molecule has 7 heteroatoms. The van der Waals surface area contributed by atoms with Crippen molar-refractivity contribution < 1.29 is 23.5 Å². The molecule has 1 fully saturated rings. The Bertz CT molecular complexity index is 1110. The van der Waals surface area contributed by atoms with Crippen LogP contribution in [0.15, 0.2) is 71.0 Å². The van der Waals surface area contributed by atoms with E-state index in [1.54, 1.807) is 43.5 Å². The van der Waals surface area contributed by atoms with Gasteiger partial charge in [0.25, 0.3) is 11.7 Å². The molecular weight excluding hydrogens is 375 g/mol. The molecule has 1 aromatic carbocycles. The number of likely N-dealkylation sites (tertiary alicyclic amines) is 1. The number of aliphatic hydroxyl groups excluding tert-OH is 1. The number of aryl methyl sites for hydroxylation is 1. The van der Waals surface area contributed by atoms with Crippen molar-refractivity contribution in [3.05, 3.63) is 95.0 Å². The summed E-state index contributed by atoms with van der Waals surface area (Å²) in [6, 6.07) is 11.6. The third-order valence-electron chi connectivity index (χ3n) is 4.84. The van der Waals surface area contributed by atoms with Crippen LogP contribution in [0.5, 0.6) is 0 Å². The van der Waals surface area contributed by atoms with E-state index in [1.807, 2.05) is 0 Å². The first-order valence-electron chi connectivity index (χ1n) is 8.95. The largest absolute Gasteiger partial charge is 0.507 e. The zero-order chi connectivity index (χ0) is 20.5. The highest BCUT2D eigenvalue weighted by Gasteiger charge is 2.47. The van der Waals surface area contributed by atoms with Crippen molar-refractivity contribution >= 4 is 17.4 Å². The number of hydrogen-bond acceptors (Lipinski definition) is 5. The van der Waals surface area contributed by atoms with Gasteiger partial charge in [0.1, 0.15) is 23.4 Å². The number of nitrogens with zero attached hydrogens (tertiary/aromatic N) is 2. The van der Waals surface area contributed by atoms with Crippen molar-refractivity contribution in [2.75, 3.05) is 0 Å². The number of aliphatic hydroxyl groups is 1. The van der Waals surface area contributed by atoms with E-state index in [1.165, 1.54) is 29.4 Å². The van der Waals surface area contributed by atoms with Gasteiger partial charge in [0, 0.05) is 11.8 Å². The molecule has 1 N–H and O–H groups in total. The van der Waals surface area contributed by atoms with Crippen LogP contribution in [0.3, 0.4) is 0 Å². The van der Waals surface area contributed by atoms with Gasteiger partial charge in [-0.25, -0.2) is 4.39 Å². The molecule has 0 saturated carbocycles. The van der Waals surface area contributed by atoms with Crippen LogP contribution in [0.4, 0.5) is 4.39 Å². The van der Waals surface area contributed by atoms with Gasteiger partial charge in [-0.15, -0.1) is 0 Å². The number of carbonyl (C=O) groups is 2. The Morgan fingerprint density at radius 2 is 2.03 bits per heavy atom. The fourth-order valence-electron chi connectivity index (χ4n) is 3.40. The zero-order valence-corrected chi connectivity index (χ0v) is 15.5. The Kier molecular flexibility index (Phi) is 4.72. The van der Waals surface area contributed by atoms with Crippen LogP contribution in [-0.4, -0.2) is 26.7 Å². The number of hydrogen-bond donors (Lipinski definition) is 1. The number of aromatic nitrogens is 1. The maximum atomic E-state index is 13.6. The summed E-state index contributed by atoms with van der Waals surface area (Å²) >= 11 is 0. The quantitative estimate of drug-likeness (QED) is 0.415. The van der Waals surface area contributed by atoms with Gasteiger partial charge >= 0.3 is 0 Å². The number of benzene rings is 1. The van der Waals surface area contributed by atoms with Gasteiger partial charge in [-0.1, -0.05) is 6.07 Å². The molecule has 1 aliphatic heterocycles. The Morgan fingerprint density at radius 3 is 2.69 bits per heavy atom. The number of pyridine rings is 1. The second-order valence-corrected chi connectivity index (χ2v) is 6.73. The van der Waals surface area contributed by atoms with Crippen LogP contribution >= 0.6 is 0 Å². The first-order chi connectivity index (χ1) is 14.0. The van der Waals surface area contributed by atoms with Gasteiger partial charge < -0.3 is 14.4 Å². The van der Waals surface area contributed by atoms with E-state index in [9.17, 15) is 19.1 Å². The summed E-state index contributed by atoms with van der Waals surface area (Å²) in [5.41, 5.74) is 1.04. The van der Waals surface area contributed by atoms with Crippen LogP contribution in [0.25, 0.3) is 5.76 Å². The van der Waals surface area contributed by atoms with E-state index in [0.717, 1.165) is 0 Å². The first-order valence-corrected chi connectivity index (χ1v) is 8.95. The van der Waals surface area contributed by atoms with Gasteiger partial charge in [0.05, 0.1) is 24.1 Å². The lowest BCUT2D eigenvalue weighted by Crippen LogP contribution is -2.29. The van der Waals surface area contributed by atoms with Crippen molar-refractivity contribution in [3.8, 4) is 0 Å². The molecule has 3 aromatic rings. The molecule has 0 aliphatic carbocycles. The molecule has 1 aliphatic rings.